The highest BCUT2D eigenvalue weighted by Crippen LogP contribution is 2.23. The Hall–Kier alpha value is -0.620. The molecular weight excluding hydrogens is 527 g/mol. The molecule has 3 rings (SSSR count). The number of hydrogen-bond acceptors (Lipinski definition) is 6. The summed E-state index contributed by atoms with van der Waals surface area (Å²) in [6, 6.07) is 4.11. The van der Waals surface area contributed by atoms with Crippen LogP contribution in [0.4, 0.5) is 5.13 Å². The third kappa shape index (κ3) is 6.72. The van der Waals surface area contributed by atoms with Crippen molar-refractivity contribution in [1.29, 1.82) is 0 Å². The second-order valence-electron chi connectivity index (χ2n) is 6.66. The van der Waals surface area contributed by atoms with Gasteiger partial charge >= 0.3 is 0 Å². The highest BCUT2D eigenvalue weighted by atomic mass is 127. The molecule has 1 aliphatic heterocycles. The summed E-state index contributed by atoms with van der Waals surface area (Å²) in [5, 5.41) is 6.54. The number of nitrogens with zero attached hydrogens (tertiary/aromatic N) is 5. The van der Waals surface area contributed by atoms with Crippen LogP contribution in [-0.4, -0.2) is 67.6 Å². The molecule has 0 radical (unpaired) electrons. The molecule has 2 aromatic rings. The topological polar surface area (TPSA) is 47.0 Å². The Balaban J connectivity index is 0.00000280. The first-order chi connectivity index (χ1) is 13.0. The van der Waals surface area contributed by atoms with Crippen LogP contribution < -0.4 is 10.2 Å². The maximum Gasteiger partial charge on any atom is 0.194 e. The normalized spacial score (nSPS) is 15.4. The Morgan fingerprint density at radius 3 is 2.61 bits per heavy atom. The minimum atomic E-state index is 0. The summed E-state index contributed by atoms with van der Waals surface area (Å²) >= 11 is 9.37. The largest absolute Gasteiger partial charge is 0.357 e. The van der Waals surface area contributed by atoms with Crippen LogP contribution in [-0.2, 0) is 13.1 Å². The van der Waals surface area contributed by atoms with Crippen LogP contribution in [0.2, 0.25) is 4.34 Å². The zero-order chi connectivity index (χ0) is 19.2. The molecule has 0 atom stereocenters. The Morgan fingerprint density at radius 2 is 2.04 bits per heavy atom. The van der Waals surface area contributed by atoms with Crippen molar-refractivity contribution in [1.82, 2.24) is 20.1 Å². The van der Waals surface area contributed by atoms with Gasteiger partial charge in [0.25, 0.3) is 0 Å². The van der Waals surface area contributed by atoms with Crippen molar-refractivity contribution in [3.8, 4) is 0 Å². The first-order valence-electron chi connectivity index (χ1n) is 9.16. The van der Waals surface area contributed by atoms with Crippen LogP contribution in [0.15, 0.2) is 22.5 Å². The van der Waals surface area contributed by atoms with Crippen molar-refractivity contribution < 1.29 is 0 Å². The predicted molar refractivity (Wildman–Crippen MR) is 133 cm³/mol. The van der Waals surface area contributed by atoms with Crippen molar-refractivity contribution in [2.75, 3.05) is 51.7 Å². The molecule has 156 valence electrons. The summed E-state index contributed by atoms with van der Waals surface area (Å²) in [5.74, 6) is 0.982. The van der Waals surface area contributed by atoms with Gasteiger partial charge in [0.1, 0.15) is 0 Å². The second-order valence-corrected chi connectivity index (χ2v) is 9.29. The summed E-state index contributed by atoms with van der Waals surface area (Å²) in [4.78, 5) is 17.6. The molecule has 0 saturated carbocycles. The van der Waals surface area contributed by atoms with Gasteiger partial charge in [-0.3, -0.25) is 4.90 Å². The van der Waals surface area contributed by atoms with E-state index in [4.69, 9.17) is 16.6 Å². The van der Waals surface area contributed by atoms with E-state index in [1.54, 1.807) is 22.7 Å². The standard InChI is InChI=1S/C18H27ClN6S2.HI/c1-4-20-17(21-11-14-13-26-18(22-14)23(2)3)25-9-7-24(8-10-25)12-15-5-6-16(19)27-15;/h5-6,13H,4,7-12H2,1-3H3,(H,20,21);1H. The average molecular weight is 555 g/mol. The molecule has 0 amide bonds. The molecule has 2 aromatic heterocycles. The highest BCUT2D eigenvalue weighted by Gasteiger charge is 2.20. The molecule has 1 N–H and O–H groups in total. The van der Waals surface area contributed by atoms with Gasteiger partial charge in [-0.25, -0.2) is 9.98 Å². The molecular formula is C18H28ClIN6S2. The number of piperazine rings is 1. The Labute approximate surface area is 197 Å². The van der Waals surface area contributed by atoms with E-state index in [9.17, 15) is 0 Å². The predicted octanol–water partition coefficient (Wildman–Crippen LogP) is 3.83. The van der Waals surface area contributed by atoms with E-state index in [1.165, 1.54) is 4.88 Å². The molecule has 1 fully saturated rings. The van der Waals surface area contributed by atoms with Crippen molar-refractivity contribution in [3.63, 3.8) is 0 Å². The number of aromatic nitrogens is 1. The van der Waals surface area contributed by atoms with Crippen molar-refractivity contribution >= 4 is 69.3 Å². The molecule has 1 saturated heterocycles. The number of thiazole rings is 1. The van der Waals surface area contributed by atoms with Gasteiger partial charge in [-0.1, -0.05) is 11.6 Å². The van der Waals surface area contributed by atoms with Crippen LogP contribution in [0.5, 0.6) is 0 Å². The van der Waals surface area contributed by atoms with E-state index in [0.29, 0.717) is 6.54 Å². The number of guanidine groups is 1. The second kappa shape index (κ2) is 11.5. The van der Waals surface area contributed by atoms with Crippen LogP contribution >= 0.6 is 58.3 Å². The molecule has 0 unspecified atom stereocenters. The molecule has 3 heterocycles. The van der Waals surface area contributed by atoms with Crippen molar-refractivity contribution in [2.24, 2.45) is 4.99 Å². The third-order valence-electron chi connectivity index (χ3n) is 4.33. The van der Waals surface area contributed by atoms with Gasteiger partial charge in [-0.05, 0) is 19.1 Å². The van der Waals surface area contributed by atoms with Gasteiger partial charge in [0.05, 0.1) is 16.6 Å². The minimum Gasteiger partial charge on any atom is -0.357 e. The van der Waals surface area contributed by atoms with Gasteiger partial charge in [-0.2, -0.15) is 0 Å². The fourth-order valence-electron chi connectivity index (χ4n) is 2.93. The number of rotatable bonds is 6. The number of hydrogen-bond donors (Lipinski definition) is 1. The monoisotopic (exact) mass is 554 g/mol. The third-order valence-corrected chi connectivity index (χ3v) is 6.60. The first kappa shape index (κ1) is 23.7. The maximum absolute atomic E-state index is 6.04. The molecule has 0 bridgehead atoms. The fourth-order valence-corrected chi connectivity index (χ4v) is 4.81. The van der Waals surface area contributed by atoms with Gasteiger partial charge in [0, 0.05) is 63.6 Å². The molecule has 28 heavy (non-hydrogen) atoms. The van der Waals surface area contributed by atoms with Gasteiger partial charge in [0.2, 0.25) is 0 Å². The maximum atomic E-state index is 6.04. The van der Waals surface area contributed by atoms with E-state index in [-0.39, 0.29) is 24.0 Å². The Bertz CT molecular complexity index is 755. The molecule has 0 spiro atoms. The summed E-state index contributed by atoms with van der Waals surface area (Å²) in [5.41, 5.74) is 1.02. The number of aliphatic imine (C=N–C) groups is 1. The number of halogens is 2. The average Bonchev–Trinajstić information content (AvgIpc) is 3.28. The summed E-state index contributed by atoms with van der Waals surface area (Å²) in [7, 11) is 4.03. The van der Waals surface area contributed by atoms with E-state index in [2.05, 4.69) is 38.5 Å². The molecule has 0 aliphatic carbocycles. The lowest BCUT2D eigenvalue weighted by atomic mass is 10.3. The molecule has 0 aromatic carbocycles. The van der Waals surface area contributed by atoms with Crippen molar-refractivity contribution in [3.05, 3.63) is 32.4 Å². The quantitative estimate of drug-likeness (QED) is 0.334. The zero-order valence-corrected chi connectivity index (χ0v) is 21.2. The van der Waals surface area contributed by atoms with Gasteiger partial charge in [0.15, 0.2) is 11.1 Å². The number of nitrogens with one attached hydrogen (secondary N) is 1. The highest BCUT2D eigenvalue weighted by molar-refractivity contribution is 14.0. The number of anilines is 1. The van der Waals surface area contributed by atoms with Crippen LogP contribution in [0.25, 0.3) is 0 Å². The minimum absolute atomic E-state index is 0. The van der Waals surface area contributed by atoms with E-state index in [0.717, 1.165) is 60.4 Å². The van der Waals surface area contributed by atoms with Crippen LogP contribution in [0.1, 0.15) is 17.5 Å². The zero-order valence-electron chi connectivity index (χ0n) is 16.5. The number of thiophene rings is 1. The lowest BCUT2D eigenvalue weighted by molar-refractivity contribution is 0.173. The smallest absolute Gasteiger partial charge is 0.194 e. The van der Waals surface area contributed by atoms with E-state index in [1.807, 2.05) is 25.1 Å². The van der Waals surface area contributed by atoms with E-state index >= 15 is 0 Å². The van der Waals surface area contributed by atoms with Gasteiger partial charge in [-0.15, -0.1) is 46.7 Å². The van der Waals surface area contributed by atoms with Crippen molar-refractivity contribution in [2.45, 2.75) is 20.0 Å². The lowest BCUT2D eigenvalue weighted by Gasteiger charge is -2.36. The molecule has 6 nitrogen and oxygen atoms in total. The lowest BCUT2D eigenvalue weighted by Crippen LogP contribution is -2.52. The van der Waals surface area contributed by atoms with Crippen LogP contribution in [0, 0.1) is 0 Å². The summed E-state index contributed by atoms with van der Waals surface area (Å²) in [6.45, 7) is 8.58. The molecule has 1 aliphatic rings. The van der Waals surface area contributed by atoms with Crippen LogP contribution in [0.3, 0.4) is 0 Å². The Kier molecular flexibility index (Phi) is 9.75. The summed E-state index contributed by atoms with van der Waals surface area (Å²) < 4.78 is 0.865. The SMILES string of the molecule is CCNC(=NCc1csc(N(C)C)n1)N1CCN(Cc2ccc(Cl)s2)CC1.I. The Morgan fingerprint density at radius 1 is 1.29 bits per heavy atom. The first-order valence-corrected chi connectivity index (χ1v) is 11.2. The van der Waals surface area contributed by atoms with E-state index < -0.39 is 0 Å². The summed E-state index contributed by atoms with van der Waals surface area (Å²) in [6.07, 6.45) is 0. The fraction of sp³-hybridized carbons (Fsp3) is 0.556. The van der Waals surface area contributed by atoms with Gasteiger partial charge < -0.3 is 15.1 Å². The molecule has 10 heteroatoms.